The Morgan fingerprint density at radius 1 is 1.16 bits per heavy atom. The molecule has 31 heavy (non-hydrogen) atoms. The largest absolute Gasteiger partial charge is 0.469 e. The SMILES string of the molecule is COC(=O)C1C2C([C@H](O)C[C@@]3(C)C2CC[C@@]32CCC(=O)O2)[C@@]2(C)CC[C@H](O)C=C2[C@@H]1O. The number of methoxy groups -OCH3 is 1. The van der Waals surface area contributed by atoms with Crippen LogP contribution in [0.4, 0.5) is 0 Å². The molecule has 10 atom stereocenters. The molecule has 5 rings (SSSR count). The number of ether oxygens (including phenoxy) is 2. The number of fused-ring (bicyclic) bond motifs is 6. The highest BCUT2D eigenvalue weighted by Gasteiger charge is 2.72. The van der Waals surface area contributed by atoms with Crippen molar-refractivity contribution in [2.75, 3.05) is 7.11 Å². The maximum atomic E-state index is 13.0. The molecular formula is C24H34O7. The number of aliphatic hydroxyl groups excluding tert-OH is 3. The first kappa shape index (κ1) is 21.4. The van der Waals surface area contributed by atoms with Crippen LogP contribution in [0.5, 0.6) is 0 Å². The molecule has 172 valence electrons. The van der Waals surface area contributed by atoms with E-state index < -0.39 is 46.6 Å². The third-order valence-corrected chi connectivity index (χ3v) is 9.96. The number of rotatable bonds is 1. The van der Waals surface area contributed by atoms with Crippen LogP contribution in [-0.4, -0.2) is 58.3 Å². The number of hydrogen-bond donors (Lipinski definition) is 3. The summed E-state index contributed by atoms with van der Waals surface area (Å²) >= 11 is 0. The molecule has 0 aromatic rings. The van der Waals surface area contributed by atoms with E-state index in [9.17, 15) is 24.9 Å². The van der Waals surface area contributed by atoms with Crippen molar-refractivity contribution in [1.29, 1.82) is 0 Å². The van der Waals surface area contributed by atoms with Gasteiger partial charge in [0, 0.05) is 11.8 Å². The van der Waals surface area contributed by atoms with Gasteiger partial charge in [-0.05, 0) is 67.3 Å². The number of carbonyl (C=O) groups is 2. The second-order valence-corrected chi connectivity index (χ2v) is 11.0. The van der Waals surface area contributed by atoms with Crippen molar-refractivity contribution < 1.29 is 34.4 Å². The van der Waals surface area contributed by atoms with Crippen molar-refractivity contribution in [3.8, 4) is 0 Å². The highest BCUT2D eigenvalue weighted by molar-refractivity contribution is 5.75. The predicted molar refractivity (Wildman–Crippen MR) is 109 cm³/mol. The maximum absolute atomic E-state index is 13.0. The fourth-order valence-electron chi connectivity index (χ4n) is 8.57. The Bertz CT molecular complexity index is 838. The zero-order valence-electron chi connectivity index (χ0n) is 18.5. The van der Waals surface area contributed by atoms with Gasteiger partial charge in [0.2, 0.25) is 0 Å². The number of esters is 2. The molecule has 3 saturated carbocycles. The quantitative estimate of drug-likeness (QED) is 0.425. The van der Waals surface area contributed by atoms with E-state index in [1.807, 2.05) is 0 Å². The first-order chi connectivity index (χ1) is 14.6. The molecule has 1 aliphatic heterocycles. The Morgan fingerprint density at radius 2 is 1.90 bits per heavy atom. The van der Waals surface area contributed by atoms with Gasteiger partial charge in [-0.25, -0.2) is 0 Å². The Hall–Kier alpha value is -1.44. The van der Waals surface area contributed by atoms with E-state index in [1.165, 1.54) is 7.11 Å². The lowest BCUT2D eigenvalue weighted by atomic mass is 9.42. The van der Waals surface area contributed by atoms with Crippen LogP contribution in [0.3, 0.4) is 0 Å². The smallest absolute Gasteiger partial charge is 0.311 e. The van der Waals surface area contributed by atoms with Crippen LogP contribution in [0, 0.1) is 34.5 Å². The molecule has 0 bridgehead atoms. The van der Waals surface area contributed by atoms with Gasteiger partial charge >= 0.3 is 11.9 Å². The summed E-state index contributed by atoms with van der Waals surface area (Å²) in [4.78, 5) is 25.1. The molecule has 4 unspecified atom stereocenters. The molecule has 4 aliphatic carbocycles. The molecule has 7 nitrogen and oxygen atoms in total. The Morgan fingerprint density at radius 3 is 2.55 bits per heavy atom. The van der Waals surface area contributed by atoms with Crippen molar-refractivity contribution in [2.24, 2.45) is 34.5 Å². The van der Waals surface area contributed by atoms with E-state index in [4.69, 9.17) is 9.47 Å². The van der Waals surface area contributed by atoms with Crippen molar-refractivity contribution in [3.63, 3.8) is 0 Å². The van der Waals surface area contributed by atoms with E-state index in [0.29, 0.717) is 37.7 Å². The minimum absolute atomic E-state index is 0.0239. The fourth-order valence-corrected chi connectivity index (χ4v) is 8.57. The van der Waals surface area contributed by atoms with Gasteiger partial charge in [-0.1, -0.05) is 19.9 Å². The van der Waals surface area contributed by atoms with E-state index in [-0.39, 0.29) is 23.7 Å². The van der Waals surface area contributed by atoms with Crippen molar-refractivity contribution >= 4 is 11.9 Å². The predicted octanol–water partition coefficient (Wildman–Crippen LogP) is 1.73. The lowest BCUT2D eigenvalue weighted by Gasteiger charge is -2.63. The molecule has 1 spiro atoms. The average molecular weight is 435 g/mol. The number of carbonyl (C=O) groups excluding carboxylic acids is 2. The third kappa shape index (κ3) is 2.63. The first-order valence-electron chi connectivity index (χ1n) is 11.6. The summed E-state index contributed by atoms with van der Waals surface area (Å²) in [7, 11) is 1.33. The van der Waals surface area contributed by atoms with Gasteiger partial charge in [0.15, 0.2) is 0 Å². The molecule has 5 aliphatic rings. The highest BCUT2D eigenvalue weighted by Crippen LogP contribution is 2.70. The Labute approximate surface area is 182 Å². The van der Waals surface area contributed by atoms with Gasteiger partial charge < -0.3 is 24.8 Å². The topological polar surface area (TPSA) is 113 Å². The lowest BCUT2D eigenvalue weighted by molar-refractivity contribution is -0.208. The van der Waals surface area contributed by atoms with Crippen LogP contribution in [0.25, 0.3) is 0 Å². The van der Waals surface area contributed by atoms with Crippen LogP contribution >= 0.6 is 0 Å². The summed E-state index contributed by atoms with van der Waals surface area (Å²) in [6.45, 7) is 4.16. The van der Waals surface area contributed by atoms with Crippen molar-refractivity contribution in [1.82, 2.24) is 0 Å². The summed E-state index contributed by atoms with van der Waals surface area (Å²) in [6, 6.07) is 0. The van der Waals surface area contributed by atoms with E-state index in [1.54, 1.807) is 6.08 Å². The number of aliphatic hydroxyl groups is 3. The summed E-state index contributed by atoms with van der Waals surface area (Å²) in [6.07, 6.45) is 3.51. The minimum Gasteiger partial charge on any atom is -0.469 e. The van der Waals surface area contributed by atoms with Crippen molar-refractivity contribution in [3.05, 3.63) is 11.6 Å². The Balaban J connectivity index is 1.65. The van der Waals surface area contributed by atoms with E-state index in [2.05, 4.69) is 13.8 Å². The molecule has 7 heteroatoms. The van der Waals surface area contributed by atoms with Gasteiger partial charge in [0.25, 0.3) is 0 Å². The van der Waals surface area contributed by atoms with Crippen LogP contribution in [-0.2, 0) is 19.1 Å². The van der Waals surface area contributed by atoms with Gasteiger partial charge in [0.1, 0.15) is 5.60 Å². The molecule has 1 saturated heterocycles. The van der Waals surface area contributed by atoms with Crippen LogP contribution < -0.4 is 0 Å². The minimum atomic E-state index is -1.06. The molecule has 1 heterocycles. The average Bonchev–Trinajstić information content (AvgIpc) is 3.23. The lowest BCUT2D eigenvalue weighted by Crippen LogP contribution is -2.65. The number of hydrogen-bond acceptors (Lipinski definition) is 7. The van der Waals surface area contributed by atoms with Gasteiger partial charge in [-0.15, -0.1) is 0 Å². The second-order valence-electron chi connectivity index (χ2n) is 11.0. The van der Waals surface area contributed by atoms with Crippen molar-refractivity contribution in [2.45, 2.75) is 82.7 Å². The molecular weight excluding hydrogens is 400 g/mol. The maximum Gasteiger partial charge on any atom is 0.311 e. The fraction of sp³-hybridized carbons (Fsp3) is 0.833. The summed E-state index contributed by atoms with van der Waals surface area (Å²) in [5.74, 6) is -1.98. The molecule has 0 aromatic carbocycles. The van der Waals surface area contributed by atoms with Gasteiger partial charge in [0.05, 0.1) is 31.3 Å². The summed E-state index contributed by atoms with van der Waals surface area (Å²) in [5.41, 5.74) is -0.911. The van der Waals surface area contributed by atoms with Gasteiger partial charge in [-0.2, -0.15) is 0 Å². The second kappa shape index (κ2) is 6.78. The molecule has 3 N–H and O–H groups in total. The van der Waals surface area contributed by atoms with Gasteiger partial charge in [-0.3, -0.25) is 9.59 Å². The Kier molecular flexibility index (Phi) is 4.68. The standard InChI is InChI=1S/C24H34O7/c1-22-7-4-12(25)10-14(22)20(28)18(21(29)30-3)17-13-5-8-24(9-6-16(27)31-24)23(13,2)11-15(26)19(17)22/h10,12-13,15,17-20,25-26,28H,4-9,11H2,1-3H3/t12-,13?,15+,17?,18?,19?,20-,22-,23-,24+/m0/s1. The highest BCUT2D eigenvalue weighted by atomic mass is 16.6. The van der Waals surface area contributed by atoms with E-state index >= 15 is 0 Å². The third-order valence-electron chi connectivity index (χ3n) is 9.96. The van der Waals surface area contributed by atoms with Crippen LogP contribution in [0.1, 0.15) is 58.8 Å². The first-order valence-corrected chi connectivity index (χ1v) is 11.6. The van der Waals surface area contributed by atoms with E-state index in [0.717, 1.165) is 12.8 Å². The monoisotopic (exact) mass is 434 g/mol. The van der Waals surface area contributed by atoms with Crippen LogP contribution in [0.15, 0.2) is 11.6 Å². The zero-order valence-corrected chi connectivity index (χ0v) is 18.5. The molecule has 4 fully saturated rings. The van der Waals surface area contributed by atoms with Crippen LogP contribution in [0.2, 0.25) is 0 Å². The normalized spacial score (nSPS) is 53.3. The molecule has 0 amide bonds. The summed E-state index contributed by atoms with van der Waals surface area (Å²) < 4.78 is 11.1. The summed E-state index contributed by atoms with van der Waals surface area (Å²) in [5, 5.41) is 33.3. The zero-order chi connectivity index (χ0) is 22.3. The molecule has 0 radical (unpaired) electrons. The molecule has 0 aromatic heterocycles.